The third-order valence-electron chi connectivity index (χ3n) is 2.58. The summed E-state index contributed by atoms with van der Waals surface area (Å²) in [6, 6.07) is 7.51. The first-order valence-electron chi connectivity index (χ1n) is 5.33. The van der Waals surface area contributed by atoms with Crippen LogP contribution >= 0.6 is 0 Å². The molecule has 5 heteroatoms. The zero-order valence-corrected chi connectivity index (χ0v) is 9.84. The largest absolute Gasteiger partial charge is 0.506 e. The van der Waals surface area contributed by atoms with Crippen molar-refractivity contribution < 1.29 is 14.9 Å². The van der Waals surface area contributed by atoms with E-state index in [1.54, 1.807) is 13.0 Å². The van der Waals surface area contributed by atoms with Gasteiger partial charge in [0.25, 0.3) is 0 Å². The molecule has 0 saturated heterocycles. The van der Waals surface area contributed by atoms with Crippen molar-refractivity contribution in [3.8, 4) is 23.0 Å². The van der Waals surface area contributed by atoms with Gasteiger partial charge in [-0.2, -0.15) is 0 Å². The second-order valence-corrected chi connectivity index (χ2v) is 4.00. The van der Waals surface area contributed by atoms with Crippen LogP contribution in [0.2, 0.25) is 0 Å². The van der Waals surface area contributed by atoms with Gasteiger partial charge in [0, 0.05) is 17.8 Å². The molecule has 6 N–H and O–H groups in total. The topological polar surface area (TPSA) is 102 Å². The Morgan fingerprint density at radius 2 is 1.67 bits per heavy atom. The minimum absolute atomic E-state index is 0.0157. The van der Waals surface area contributed by atoms with E-state index in [0.717, 1.165) is 5.56 Å². The Morgan fingerprint density at radius 1 is 0.944 bits per heavy atom. The van der Waals surface area contributed by atoms with Crippen LogP contribution in [0.5, 0.6) is 23.0 Å². The van der Waals surface area contributed by atoms with Crippen molar-refractivity contribution >= 4 is 11.4 Å². The van der Waals surface area contributed by atoms with Gasteiger partial charge in [0.1, 0.15) is 11.5 Å². The van der Waals surface area contributed by atoms with Gasteiger partial charge in [0.05, 0.1) is 5.69 Å². The Balaban J connectivity index is 2.34. The second-order valence-electron chi connectivity index (χ2n) is 4.00. The van der Waals surface area contributed by atoms with Crippen LogP contribution in [0.4, 0.5) is 11.4 Å². The summed E-state index contributed by atoms with van der Waals surface area (Å²) in [6.45, 7) is 1.79. The van der Waals surface area contributed by atoms with Crippen LogP contribution in [-0.2, 0) is 0 Å². The number of phenols is 2. The smallest absolute Gasteiger partial charge is 0.171 e. The van der Waals surface area contributed by atoms with E-state index < -0.39 is 0 Å². The van der Waals surface area contributed by atoms with Gasteiger partial charge in [-0.05, 0) is 30.7 Å². The summed E-state index contributed by atoms with van der Waals surface area (Å²) in [5, 5.41) is 19.2. The molecule has 0 fully saturated rings. The minimum Gasteiger partial charge on any atom is -0.506 e. The van der Waals surface area contributed by atoms with Crippen molar-refractivity contribution in [1.82, 2.24) is 0 Å². The maximum Gasteiger partial charge on any atom is 0.171 e. The van der Waals surface area contributed by atoms with Gasteiger partial charge in [-0.25, -0.2) is 0 Å². The first-order valence-corrected chi connectivity index (χ1v) is 5.33. The van der Waals surface area contributed by atoms with Crippen molar-refractivity contribution in [3.63, 3.8) is 0 Å². The Hall–Kier alpha value is -2.56. The first-order chi connectivity index (χ1) is 8.47. The summed E-state index contributed by atoms with van der Waals surface area (Å²) in [4.78, 5) is 0. The highest BCUT2D eigenvalue weighted by atomic mass is 16.5. The molecule has 0 atom stereocenters. The number of aromatic hydroxyl groups is 2. The van der Waals surface area contributed by atoms with Crippen molar-refractivity contribution in [3.05, 3.63) is 35.9 Å². The van der Waals surface area contributed by atoms with E-state index >= 15 is 0 Å². The number of rotatable bonds is 2. The standard InChI is InChI=1S/C13H14N2O3/c1-7-4-12(17)13(6-10(7)15)18-8-2-3-9(14)11(16)5-8/h2-6,16-17H,14-15H2,1H3. The van der Waals surface area contributed by atoms with Gasteiger partial charge in [-0.3, -0.25) is 0 Å². The van der Waals surface area contributed by atoms with E-state index in [1.807, 2.05) is 0 Å². The Morgan fingerprint density at radius 3 is 2.33 bits per heavy atom. The molecule has 0 amide bonds. The summed E-state index contributed by atoms with van der Waals surface area (Å²) in [7, 11) is 0. The van der Waals surface area contributed by atoms with E-state index in [2.05, 4.69) is 0 Å². The van der Waals surface area contributed by atoms with Crippen molar-refractivity contribution in [2.45, 2.75) is 6.92 Å². The molecule has 0 aromatic heterocycles. The normalized spacial score (nSPS) is 10.3. The number of hydrogen-bond acceptors (Lipinski definition) is 5. The molecule has 0 unspecified atom stereocenters. The average molecular weight is 246 g/mol. The van der Waals surface area contributed by atoms with Gasteiger partial charge >= 0.3 is 0 Å². The fourth-order valence-corrected chi connectivity index (χ4v) is 1.48. The number of hydrogen-bond donors (Lipinski definition) is 4. The van der Waals surface area contributed by atoms with Crippen LogP contribution in [0.25, 0.3) is 0 Å². The van der Waals surface area contributed by atoms with Crippen LogP contribution in [0.1, 0.15) is 5.56 Å². The number of anilines is 2. The van der Waals surface area contributed by atoms with E-state index in [-0.39, 0.29) is 22.9 Å². The summed E-state index contributed by atoms with van der Waals surface area (Å²) in [5.41, 5.74) is 12.8. The Bertz CT molecular complexity index is 597. The third kappa shape index (κ3) is 2.24. The molecule has 94 valence electrons. The Kier molecular flexibility index (Phi) is 2.89. The molecule has 0 saturated carbocycles. The number of ether oxygens (including phenoxy) is 1. The summed E-state index contributed by atoms with van der Waals surface area (Å²) in [5.74, 6) is 0.493. The van der Waals surface area contributed by atoms with Gasteiger partial charge in [-0.15, -0.1) is 0 Å². The molecule has 0 aliphatic heterocycles. The van der Waals surface area contributed by atoms with E-state index in [4.69, 9.17) is 16.2 Å². The number of nitrogen functional groups attached to an aromatic ring is 2. The maximum absolute atomic E-state index is 9.73. The predicted octanol–water partition coefficient (Wildman–Crippen LogP) is 2.36. The monoisotopic (exact) mass is 246 g/mol. The summed E-state index contributed by atoms with van der Waals surface area (Å²) >= 11 is 0. The van der Waals surface area contributed by atoms with Crippen LogP contribution in [0.3, 0.4) is 0 Å². The zero-order chi connectivity index (χ0) is 13.3. The Labute approximate surface area is 104 Å². The highest BCUT2D eigenvalue weighted by Gasteiger charge is 2.08. The lowest BCUT2D eigenvalue weighted by molar-refractivity contribution is 0.408. The molecule has 2 aromatic rings. The van der Waals surface area contributed by atoms with Crippen molar-refractivity contribution in [2.24, 2.45) is 0 Å². The van der Waals surface area contributed by atoms with E-state index in [0.29, 0.717) is 11.4 Å². The van der Waals surface area contributed by atoms with Gasteiger partial charge in [0.15, 0.2) is 11.5 Å². The average Bonchev–Trinajstić information content (AvgIpc) is 2.31. The fraction of sp³-hybridized carbons (Fsp3) is 0.0769. The molecule has 2 rings (SSSR count). The molecule has 0 bridgehead atoms. The van der Waals surface area contributed by atoms with Crippen molar-refractivity contribution in [1.29, 1.82) is 0 Å². The molecule has 0 spiro atoms. The van der Waals surface area contributed by atoms with Gasteiger partial charge in [0.2, 0.25) is 0 Å². The lowest BCUT2D eigenvalue weighted by atomic mass is 10.2. The molecule has 0 aliphatic rings. The summed E-state index contributed by atoms with van der Waals surface area (Å²) < 4.78 is 5.44. The first kappa shape index (κ1) is 11.9. The highest BCUT2D eigenvalue weighted by Crippen LogP contribution is 2.36. The van der Waals surface area contributed by atoms with Crippen LogP contribution in [0, 0.1) is 6.92 Å². The maximum atomic E-state index is 9.73. The third-order valence-corrected chi connectivity index (χ3v) is 2.58. The molecule has 5 nitrogen and oxygen atoms in total. The molecular weight excluding hydrogens is 232 g/mol. The lowest BCUT2D eigenvalue weighted by Gasteiger charge is -2.10. The molecular formula is C13H14N2O3. The molecule has 0 heterocycles. The van der Waals surface area contributed by atoms with E-state index in [1.165, 1.54) is 24.3 Å². The minimum atomic E-state index is -0.0768. The summed E-state index contributed by atoms with van der Waals surface area (Å²) in [6.07, 6.45) is 0. The SMILES string of the molecule is Cc1cc(O)c(Oc2ccc(N)c(O)c2)cc1N. The quantitative estimate of drug-likeness (QED) is 0.370. The van der Waals surface area contributed by atoms with Crippen LogP contribution in [0.15, 0.2) is 30.3 Å². The van der Waals surface area contributed by atoms with Crippen LogP contribution < -0.4 is 16.2 Å². The number of aryl methyl sites for hydroxylation is 1. The highest BCUT2D eigenvalue weighted by molar-refractivity contribution is 5.59. The van der Waals surface area contributed by atoms with Crippen LogP contribution in [-0.4, -0.2) is 10.2 Å². The molecule has 18 heavy (non-hydrogen) atoms. The predicted molar refractivity (Wildman–Crippen MR) is 69.8 cm³/mol. The fourth-order valence-electron chi connectivity index (χ4n) is 1.48. The zero-order valence-electron chi connectivity index (χ0n) is 9.84. The van der Waals surface area contributed by atoms with Gasteiger partial charge in [-0.1, -0.05) is 0 Å². The molecule has 2 aromatic carbocycles. The van der Waals surface area contributed by atoms with Gasteiger partial charge < -0.3 is 26.4 Å². The molecule has 0 aliphatic carbocycles. The lowest BCUT2D eigenvalue weighted by Crippen LogP contribution is -1.92. The molecule has 0 radical (unpaired) electrons. The van der Waals surface area contributed by atoms with E-state index in [9.17, 15) is 10.2 Å². The van der Waals surface area contributed by atoms with Crippen molar-refractivity contribution in [2.75, 3.05) is 11.5 Å². The second kappa shape index (κ2) is 4.37. The number of phenolic OH excluding ortho intramolecular Hbond substituents is 2. The number of benzene rings is 2. The number of nitrogens with two attached hydrogens (primary N) is 2.